The minimum absolute atomic E-state index is 0.179. The van der Waals surface area contributed by atoms with Gasteiger partial charge in [-0.2, -0.15) is 0 Å². The summed E-state index contributed by atoms with van der Waals surface area (Å²) in [6.07, 6.45) is 8.14. The normalized spacial score (nSPS) is 34.1. The molecule has 3 atom stereocenters. The van der Waals surface area contributed by atoms with Crippen molar-refractivity contribution in [1.29, 1.82) is 0 Å². The van der Waals surface area contributed by atoms with Gasteiger partial charge in [0, 0.05) is 0 Å². The fraction of sp³-hybridized carbons (Fsp3) is 0.769. The monoisotopic (exact) mass is 223 g/mol. The van der Waals surface area contributed by atoms with Gasteiger partial charge < -0.3 is 4.74 Å². The number of ether oxygens (including phenoxy) is 1. The van der Waals surface area contributed by atoms with E-state index in [9.17, 15) is 4.79 Å². The van der Waals surface area contributed by atoms with Gasteiger partial charge in [-0.15, -0.1) is 6.42 Å². The van der Waals surface area contributed by atoms with Crippen LogP contribution in [0, 0.1) is 24.2 Å². The number of nitrogens with one attached hydrogen (secondary N) is 1. The molecular formula is C13H21NO2. The van der Waals surface area contributed by atoms with Gasteiger partial charge in [0.25, 0.3) is 0 Å². The van der Waals surface area contributed by atoms with Gasteiger partial charge in [0.1, 0.15) is 5.54 Å². The number of esters is 1. The van der Waals surface area contributed by atoms with E-state index in [-0.39, 0.29) is 11.9 Å². The van der Waals surface area contributed by atoms with E-state index >= 15 is 0 Å². The molecule has 16 heavy (non-hydrogen) atoms. The van der Waals surface area contributed by atoms with Gasteiger partial charge >= 0.3 is 5.97 Å². The van der Waals surface area contributed by atoms with Gasteiger partial charge in [0.2, 0.25) is 0 Å². The van der Waals surface area contributed by atoms with Crippen molar-refractivity contribution >= 4 is 5.97 Å². The van der Waals surface area contributed by atoms with Crippen molar-refractivity contribution in [3.63, 3.8) is 0 Å². The van der Waals surface area contributed by atoms with E-state index < -0.39 is 5.54 Å². The molecule has 1 saturated carbocycles. The van der Waals surface area contributed by atoms with Crippen molar-refractivity contribution < 1.29 is 9.53 Å². The minimum Gasteiger partial charge on any atom is -0.468 e. The Hall–Kier alpha value is -1.01. The molecule has 1 aliphatic carbocycles. The first-order chi connectivity index (χ1) is 7.56. The highest BCUT2D eigenvalue weighted by Gasteiger charge is 2.46. The van der Waals surface area contributed by atoms with Crippen LogP contribution in [0.1, 0.15) is 33.1 Å². The van der Waals surface area contributed by atoms with Crippen LogP contribution in [0.4, 0.5) is 0 Å². The van der Waals surface area contributed by atoms with Crippen molar-refractivity contribution in [2.45, 2.75) is 38.6 Å². The Balaban J connectivity index is 2.86. The van der Waals surface area contributed by atoms with Crippen molar-refractivity contribution in [1.82, 2.24) is 5.32 Å². The second-order valence-electron chi connectivity index (χ2n) is 4.80. The van der Waals surface area contributed by atoms with Gasteiger partial charge in [0.05, 0.1) is 13.7 Å². The smallest absolute Gasteiger partial charge is 0.326 e. The highest BCUT2D eigenvalue weighted by Crippen LogP contribution is 2.37. The maximum atomic E-state index is 12.0. The van der Waals surface area contributed by atoms with E-state index in [0.29, 0.717) is 12.5 Å². The summed E-state index contributed by atoms with van der Waals surface area (Å²) in [7, 11) is 1.44. The maximum Gasteiger partial charge on any atom is 0.326 e. The van der Waals surface area contributed by atoms with E-state index in [2.05, 4.69) is 25.1 Å². The van der Waals surface area contributed by atoms with Crippen LogP contribution < -0.4 is 5.32 Å². The van der Waals surface area contributed by atoms with Gasteiger partial charge in [-0.1, -0.05) is 19.8 Å². The zero-order valence-corrected chi connectivity index (χ0v) is 10.4. The number of carbonyl (C=O) groups excluding carboxylic acids is 1. The lowest BCUT2D eigenvalue weighted by Crippen LogP contribution is -2.59. The zero-order chi connectivity index (χ0) is 12.2. The third kappa shape index (κ3) is 2.38. The predicted octanol–water partition coefficient (Wildman–Crippen LogP) is 1.58. The van der Waals surface area contributed by atoms with Crippen LogP contribution in [0.2, 0.25) is 0 Å². The molecule has 0 bridgehead atoms. The Morgan fingerprint density at radius 2 is 2.31 bits per heavy atom. The molecule has 1 aliphatic rings. The van der Waals surface area contributed by atoms with Crippen LogP contribution in [-0.4, -0.2) is 25.2 Å². The summed E-state index contributed by atoms with van der Waals surface area (Å²) in [5.74, 6) is 3.28. The molecule has 90 valence electrons. The van der Waals surface area contributed by atoms with Crippen LogP contribution in [0.25, 0.3) is 0 Å². The number of carbonyl (C=O) groups is 1. The van der Waals surface area contributed by atoms with Crippen LogP contribution in [0.3, 0.4) is 0 Å². The lowest BCUT2D eigenvalue weighted by Gasteiger charge is -2.42. The summed E-state index contributed by atoms with van der Waals surface area (Å²) in [4.78, 5) is 12.0. The third-order valence-electron chi connectivity index (χ3n) is 3.68. The fourth-order valence-corrected chi connectivity index (χ4v) is 2.67. The molecule has 0 heterocycles. The van der Waals surface area contributed by atoms with E-state index in [4.69, 9.17) is 11.2 Å². The van der Waals surface area contributed by atoms with E-state index in [1.807, 2.05) is 0 Å². The summed E-state index contributed by atoms with van der Waals surface area (Å²) in [5, 5.41) is 3.20. The van der Waals surface area contributed by atoms with Crippen molar-refractivity contribution in [2.24, 2.45) is 11.8 Å². The predicted molar refractivity (Wildman–Crippen MR) is 63.8 cm³/mol. The molecule has 1 fully saturated rings. The molecule has 0 saturated heterocycles. The molecular weight excluding hydrogens is 202 g/mol. The average molecular weight is 223 g/mol. The highest BCUT2D eigenvalue weighted by molar-refractivity contribution is 5.81. The summed E-state index contributed by atoms with van der Waals surface area (Å²) < 4.78 is 4.93. The number of rotatable bonds is 3. The average Bonchev–Trinajstić information content (AvgIpc) is 2.27. The molecule has 3 unspecified atom stereocenters. The van der Waals surface area contributed by atoms with Crippen LogP contribution in [0.15, 0.2) is 0 Å². The van der Waals surface area contributed by atoms with Crippen LogP contribution >= 0.6 is 0 Å². The Labute approximate surface area is 97.9 Å². The Morgan fingerprint density at radius 3 is 2.81 bits per heavy atom. The number of methoxy groups -OCH3 is 1. The molecule has 0 aliphatic heterocycles. The molecule has 0 amide bonds. The largest absolute Gasteiger partial charge is 0.468 e. The molecule has 0 aromatic carbocycles. The minimum atomic E-state index is -0.576. The van der Waals surface area contributed by atoms with Crippen molar-refractivity contribution in [3.05, 3.63) is 0 Å². The summed E-state index contributed by atoms with van der Waals surface area (Å²) in [6.45, 7) is 4.72. The lowest BCUT2D eigenvalue weighted by molar-refractivity contribution is -0.153. The second kappa shape index (κ2) is 5.36. The standard InChI is InChI=1S/C13H21NO2/c1-5-8-14-13(12(15)16-4)7-6-10(2)9-11(13)3/h1,10-11,14H,6-9H2,2-4H3. The van der Waals surface area contributed by atoms with Crippen LogP contribution in [-0.2, 0) is 9.53 Å². The Bertz CT molecular complexity index is 295. The molecule has 3 heteroatoms. The SMILES string of the molecule is C#CCNC1(C(=O)OC)CCC(C)CC1C. The Kier molecular flexibility index (Phi) is 4.37. The number of hydrogen-bond acceptors (Lipinski definition) is 3. The van der Waals surface area contributed by atoms with E-state index in [1.165, 1.54) is 7.11 Å². The van der Waals surface area contributed by atoms with Crippen LogP contribution in [0.5, 0.6) is 0 Å². The Morgan fingerprint density at radius 1 is 1.62 bits per heavy atom. The molecule has 0 radical (unpaired) electrons. The summed E-state index contributed by atoms with van der Waals surface area (Å²) in [5.41, 5.74) is -0.576. The second-order valence-corrected chi connectivity index (χ2v) is 4.80. The van der Waals surface area contributed by atoms with Gasteiger partial charge in [0.15, 0.2) is 0 Å². The van der Waals surface area contributed by atoms with Gasteiger partial charge in [-0.25, -0.2) is 0 Å². The molecule has 1 N–H and O–H groups in total. The summed E-state index contributed by atoms with van der Waals surface area (Å²) >= 11 is 0. The lowest BCUT2D eigenvalue weighted by atomic mass is 9.70. The maximum absolute atomic E-state index is 12.0. The van der Waals surface area contributed by atoms with Crippen molar-refractivity contribution in [2.75, 3.05) is 13.7 Å². The topological polar surface area (TPSA) is 38.3 Å². The third-order valence-corrected chi connectivity index (χ3v) is 3.68. The first-order valence-electron chi connectivity index (χ1n) is 5.83. The summed E-state index contributed by atoms with van der Waals surface area (Å²) in [6, 6.07) is 0. The van der Waals surface area contributed by atoms with Gasteiger partial charge in [-0.05, 0) is 31.1 Å². The number of terminal acetylenes is 1. The highest BCUT2D eigenvalue weighted by atomic mass is 16.5. The molecule has 0 spiro atoms. The molecule has 0 aromatic rings. The first kappa shape index (κ1) is 13.1. The number of hydrogen-bond donors (Lipinski definition) is 1. The molecule has 1 rings (SSSR count). The quantitative estimate of drug-likeness (QED) is 0.583. The zero-order valence-electron chi connectivity index (χ0n) is 10.4. The van der Waals surface area contributed by atoms with Gasteiger partial charge in [-0.3, -0.25) is 10.1 Å². The fourth-order valence-electron chi connectivity index (χ4n) is 2.67. The van der Waals surface area contributed by atoms with E-state index in [1.54, 1.807) is 0 Å². The van der Waals surface area contributed by atoms with Crippen molar-refractivity contribution in [3.8, 4) is 12.3 Å². The van der Waals surface area contributed by atoms with E-state index in [0.717, 1.165) is 19.3 Å². The first-order valence-corrected chi connectivity index (χ1v) is 5.83. The molecule has 0 aromatic heterocycles. The molecule has 3 nitrogen and oxygen atoms in total.